The molecular weight excluding hydrogens is 242 g/mol. The third-order valence-corrected chi connectivity index (χ3v) is 2.38. The van der Waals surface area contributed by atoms with E-state index in [4.69, 9.17) is 5.73 Å². The van der Waals surface area contributed by atoms with Crippen LogP contribution in [0, 0.1) is 5.92 Å². The van der Waals surface area contributed by atoms with Gasteiger partial charge in [0, 0.05) is 18.2 Å². The summed E-state index contributed by atoms with van der Waals surface area (Å²) in [5.41, 5.74) is 7.60. The molecular formula is C10H14ClN5O. The Bertz CT molecular complexity index is 512. The lowest BCUT2D eigenvalue weighted by atomic mass is 10.1. The van der Waals surface area contributed by atoms with Gasteiger partial charge < -0.3 is 11.1 Å². The minimum absolute atomic E-state index is 0. The van der Waals surface area contributed by atoms with Crippen molar-refractivity contribution in [2.75, 3.05) is 11.9 Å². The summed E-state index contributed by atoms with van der Waals surface area (Å²) in [6.07, 6.45) is 0. The number of nitrogens with one attached hydrogen (secondary N) is 2. The summed E-state index contributed by atoms with van der Waals surface area (Å²) in [7, 11) is 0. The van der Waals surface area contributed by atoms with E-state index in [2.05, 4.69) is 20.7 Å². The summed E-state index contributed by atoms with van der Waals surface area (Å²) >= 11 is 0. The molecule has 1 heterocycles. The van der Waals surface area contributed by atoms with E-state index in [0.717, 1.165) is 11.0 Å². The Morgan fingerprint density at radius 3 is 2.88 bits per heavy atom. The van der Waals surface area contributed by atoms with E-state index in [0.29, 0.717) is 12.2 Å². The highest BCUT2D eigenvalue weighted by molar-refractivity contribution is 5.94. The van der Waals surface area contributed by atoms with Crippen molar-refractivity contribution in [2.45, 2.75) is 6.92 Å². The van der Waals surface area contributed by atoms with Crippen LogP contribution in [0.5, 0.6) is 0 Å². The molecule has 1 unspecified atom stereocenters. The third-order valence-electron chi connectivity index (χ3n) is 2.38. The van der Waals surface area contributed by atoms with Crippen LogP contribution in [0.15, 0.2) is 18.2 Å². The maximum atomic E-state index is 11.6. The van der Waals surface area contributed by atoms with Crippen molar-refractivity contribution >= 4 is 35.0 Å². The second-order valence-corrected chi connectivity index (χ2v) is 3.65. The molecule has 0 radical (unpaired) electrons. The lowest BCUT2D eigenvalue weighted by Crippen LogP contribution is -2.26. The van der Waals surface area contributed by atoms with Crippen molar-refractivity contribution in [3.8, 4) is 0 Å². The van der Waals surface area contributed by atoms with E-state index in [1.165, 1.54) is 0 Å². The van der Waals surface area contributed by atoms with Crippen LogP contribution in [0.1, 0.15) is 6.92 Å². The molecule has 6 nitrogen and oxygen atoms in total. The molecule has 7 heteroatoms. The summed E-state index contributed by atoms with van der Waals surface area (Å²) in [6, 6.07) is 5.34. The van der Waals surface area contributed by atoms with Crippen molar-refractivity contribution in [3.63, 3.8) is 0 Å². The van der Waals surface area contributed by atoms with Crippen molar-refractivity contribution in [3.05, 3.63) is 18.2 Å². The third kappa shape index (κ3) is 2.92. The van der Waals surface area contributed by atoms with Gasteiger partial charge in [-0.15, -0.1) is 12.4 Å². The molecule has 0 fully saturated rings. The molecule has 0 saturated heterocycles. The Kier molecular flexibility index (Phi) is 4.42. The maximum absolute atomic E-state index is 11.6. The average molecular weight is 256 g/mol. The molecule has 4 N–H and O–H groups in total. The largest absolute Gasteiger partial charge is 0.330 e. The topological polar surface area (TPSA) is 96.7 Å². The number of anilines is 1. The van der Waals surface area contributed by atoms with Gasteiger partial charge in [-0.3, -0.25) is 4.79 Å². The summed E-state index contributed by atoms with van der Waals surface area (Å²) in [6.45, 7) is 2.11. The molecule has 0 aliphatic carbocycles. The quantitative estimate of drug-likeness (QED) is 0.760. The number of halogens is 1. The first-order valence-corrected chi connectivity index (χ1v) is 5.02. The lowest BCUT2D eigenvalue weighted by Gasteiger charge is -2.09. The number of hydrogen-bond donors (Lipinski definition) is 3. The highest BCUT2D eigenvalue weighted by Gasteiger charge is 2.11. The lowest BCUT2D eigenvalue weighted by molar-refractivity contribution is -0.119. The van der Waals surface area contributed by atoms with Crippen LogP contribution in [0.2, 0.25) is 0 Å². The smallest absolute Gasteiger partial charge is 0.228 e. The standard InChI is InChI=1S/C10H13N5O.ClH/c1-6(5-11)10(16)12-7-2-3-8-9(4-7)14-15-13-8;/h2-4,6H,5,11H2,1H3,(H,12,16)(H,13,14,15);1H. The zero-order chi connectivity index (χ0) is 11.5. The molecule has 92 valence electrons. The molecule has 0 aliphatic heterocycles. The number of nitrogens with two attached hydrogens (primary N) is 1. The number of H-pyrrole nitrogens is 1. The number of fused-ring (bicyclic) bond motifs is 1. The molecule has 0 saturated carbocycles. The molecule has 1 aromatic heterocycles. The summed E-state index contributed by atoms with van der Waals surface area (Å²) < 4.78 is 0. The number of amides is 1. The molecule has 0 aliphatic rings. The van der Waals surface area contributed by atoms with E-state index in [1.54, 1.807) is 25.1 Å². The fourth-order valence-corrected chi connectivity index (χ4v) is 1.29. The highest BCUT2D eigenvalue weighted by Crippen LogP contribution is 2.15. The first kappa shape index (κ1) is 13.4. The van der Waals surface area contributed by atoms with Crippen molar-refractivity contribution in [1.29, 1.82) is 0 Å². The Morgan fingerprint density at radius 1 is 1.47 bits per heavy atom. The highest BCUT2D eigenvalue weighted by atomic mass is 35.5. The van der Waals surface area contributed by atoms with E-state index in [1.807, 2.05) is 0 Å². The molecule has 2 rings (SSSR count). The average Bonchev–Trinajstić information content (AvgIpc) is 2.75. The Hall–Kier alpha value is -1.66. The zero-order valence-corrected chi connectivity index (χ0v) is 10.1. The van der Waals surface area contributed by atoms with Crippen molar-refractivity contribution in [2.24, 2.45) is 11.7 Å². The predicted octanol–water partition coefficient (Wildman–Crippen LogP) is 0.913. The van der Waals surface area contributed by atoms with E-state index >= 15 is 0 Å². The SMILES string of the molecule is CC(CN)C(=O)Nc1ccc2n[nH]nc2c1.Cl. The minimum Gasteiger partial charge on any atom is -0.330 e. The van der Waals surface area contributed by atoms with Crippen LogP contribution in [0.4, 0.5) is 5.69 Å². The maximum Gasteiger partial charge on any atom is 0.228 e. The van der Waals surface area contributed by atoms with Crippen LogP contribution in [-0.2, 0) is 4.79 Å². The molecule has 1 atom stereocenters. The predicted molar refractivity (Wildman–Crippen MR) is 68.0 cm³/mol. The van der Waals surface area contributed by atoms with Crippen LogP contribution in [-0.4, -0.2) is 27.9 Å². The van der Waals surface area contributed by atoms with Gasteiger partial charge in [0.1, 0.15) is 11.0 Å². The van der Waals surface area contributed by atoms with Crippen LogP contribution < -0.4 is 11.1 Å². The van der Waals surface area contributed by atoms with Gasteiger partial charge >= 0.3 is 0 Å². The van der Waals surface area contributed by atoms with Gasteiger partial charge in [-0.2, -0.15) is 15.4 Å². The van der Waals surface area contributed by atoms with Gasteiger partial charge in [0.05, 0.1) is 0 Å². The number of aromatic amines is 1. The number of hydrogen-bond acceptors (Lipinski definition) is 4. The monoisotopic (exact) mass is 255 g/mol. The molecule has 0 bridgehead atoms. The Balaban J connectivity index is 0.00000144. The van der Waals surface area contributed by atoms with Gasteiger partial charge in [-0.1, -0.05) is 6.92 Å². The normalized spacial score (nSPS) is 11.9. The first-order chi connectivity index (χ1) is 7.70. The number of carbonyl (C=O) groups excluding carboxylic acids is 1. The Labute approximate surface area is 104 Å². The molecule has 0 spiro atoms. The summed E-state index contributed by atoms with van der Waals surface area (Å²) in [5.74, 6) is -0.293. The van der Waals surface area contributed by atoms with Crippen LogP contribution >= 0.6 is 12.4 Å². The van der Waals surface area contributed by atoms with E-state index < -0.39 is 0 Å². The molecule has 17 heavy (non-hydrogen) atoms. The summed E-state index contributed by atoms with van der Waals surface area (Å²) in [5, 5.41) is 13.2. The van der Waals surface area contributed by atoms with Crippen molar-refractivity contribution < 1.29 is 4.79 Å². The molecule has 1 aromatic carbocycles. The number of benzene rings is 1. The second-order valence-electron chi connectivity index (χ2n) is 3.65. The van der Waals surface area contributed by atoms with Gasteiger partial charge in [0.15, 0.2) is 0 Å². The molecule has 2 aromatic rings. The Morgan fingerprint density at radius 2 is 2.18 bits per heavy atom. The van der Waals surface area contributed by atoms with Gasteiger partial charge in [-0.25, -0.2) is 0 Å². The number of nitrogens with zero attached hydrogens (tertiary/aromatic N) is 2. The number of rotatable bonds is 3. The first-order valence-electron chi connectivity index (χ1n) is 5.02. The number of carbonyl (C=O) groups is 1. The van der Waals surface area contributed by atoms with Crippen LogP contribution in [0.25, 0.3) is 11.0 Å². The van der Waals surface area contributed by atoms with E-state index in [-0.39, 0.29) is 24.2 Å². The van der Waals surface area contributed by atoms with Crippen LogP contribution in [0.3, 0.4) is 0 Å². The molecule has 1 amide bonds. The second kappa shape index (κ2) is 5.60. The minimum atomic E-state index is -0.201. The van der Waals surface area contributed by atoms with Gasteiger partial charge in [-0.05, 0) is 18.2 Å². The van der Waals surface area contributed by atoms with Crippen molar-refractivity contribution in [1.82, 2.24) is 15.4 Å². The van der Waals surface area contributed by atoms with E-state index in [9.17, 15) is 4.79 Å². The van der Waals surface area contributed by atoms with Gasteiger partial charge in [0.25, 0.3) is 0 Å². The number of aromatic nitrogens is 3. The zero-order valence-electron chi connectivity index (χ0n) is 9.30. The summed E-state index contributed by atoms with van der Waals surface area (Å²) in [4.78, 5) is 11.6. The van der Waals surface area contributed by atoms with Gasteiger partial charge in [0.2, 0.25) is 5.91 Å². The fourth-order valence-electron chi connectivity index (χ4n) is 1.29. The fraction of sp³-hybridized carbons (Fsp3) is 0.300.